The minimum absolute atomic E-state index is 0.161. The normalized spacial score (nSPS) is 10.2. The Morgan fingerprint density at radius 1 is 1.25 bits per heavy atom. The smallest absolute Gasteiger partial charge is 0.222 e. The van der Waals surface area contributed by atoms with Gasteiger partial charge in [0.15, 0.2) is 0 Å². The largest absolute Gasteiger partial charge is 0.495 e. The first-order valence-corrected chi connectivity index (χ1v) is 6.68. The van der Waals surface area contributed by atoms with E-state index in [1.54, 1.807) is 25.4 Å². The van der Waals surface area contributed by atoms with Gasteiger partial charge in [-0.25, -0.2) is 4.98 Å². The van der Waals surface area contributed by atoms with E-state index < -0.39 is 0 Å². The summed E-state index contributed by atoms with van der Waals surface area (Å²) in [5, 5.41) is 3.53. The van der Waals surface area contributed by atoms with Gasteiger partial charge in [0.25, 0.3) is 0 Å². The van der Waals surface area contributed by atoms with E-state index >= 15 is 0 Å². The molecule has 2 aromatic rings. The summed E-state index contributed by atoms with van der Waals surface area (Å²) in [4.78, 5) is 7.97. The van der Waals surface area contributed by atoms with E-state index in [0.717, 1.165) is 0 Å². The van der Waals surface area contributed by atoms with Crippen LogP contribution in [-0.2, 0) is 0 Å². The summed E-state index contributed by atoms with van der Waals surface area (Å²) >= 11 is 9.45. The molecule has 0 saturated heterocycles. The molecule has 3 N–H and O–H groups in total. The first kappa shape index (κ1) is 14.7. The molecule has 6 nitrogen and oxygen atoms in total. The minimum atomic E-state index is 0.161. The molecule has 0 aliphatic carbocycles. The number of nitrogens with one attached hydrogen (secondary N) is 1. The maximum Gasteiger partial charge on any atom is 0.222 e. The number of halogens is 2. The van der Waals surface area contributed by atoms with E-state index in [9.17, 15) is 0 Å². The van der Waals surface area contributed by atoms with E-state index in [-0.39, 0.29) is 5.95 Å². The van der Waals surface area contributed by atoms with Gasteiger partial charge >= 0.3 is 0 Å². The molecule has 0 aliphatic rings. The van der Waals surface area contributed by atoms with Crippen molar-refractivity contribution in [2.75, 3.05) is 25.3 Å². The van der Waals surface area contributed by atoms with Gasteiger partial charge in [0.1, 0.15) is 17.3 Å². The second-order valence-electron chi connectivity index (χ2n) is 3.74. The first-order valence-electron chi connectivity index (χ1n) is 5.51. The van der Waals surface area contributed by atoms with Crippen molar-refractivity contribution in [1.82, 2.24) is 9.97 Å². The van der Waals surface area contributed by atoms with Crippen LogP contribution in [0.5, 0.6) is 11.5 Å². The molecule has 0 fully saturated rings. The van der Waals surface area contributed by atoms with Gasteiger partial charge in [0.05, 0.1) is 29.4 Å². The van der Waals surface area contributed by atoms with Crippen LogP contribution in [-0.4, -0.2) is 24.2 Å². The highest BCUT2D eigenvalue weighted by Crippen LogP contribution is 2.38. The lowest BCUT2D eigenvalue weighted by atomic mass is 10.2. The predicted molar refractivity (Wildman–Crippen MR) is 82.0 cm³/mol. The van der Waals surface area contributed by atoms with Crippen molar-refractivity contribution in [2.45, 2.75) is 0 Å². The number of methoxy groups -OCH3 is 2. The van der Waals surface area contributed by atoms with Crippen LogP contribution in [0.3, 0.4) is 0 Å². The summed E-state index contributed by atoms with van der Waals surface area (Å²) < 4.78 is 11.1. The third kappa shape index (κ3) is 3.05. The summed E-state index contributed by atoms with van der Waals surface area (Å²) in [5.41, 5.74) is 6.20. The third-order valence-corrected chi connectivity index (χ3v) is 3.37. The van der Waals surface area contributed by atoms with Gasteiger partial charge in [-0.2, -0.15) is 4.98 Å². The quantitative estimate of drug-likeness (QED) is 0.872. The second kappa shape index (κ2) is 6.15. The van der Waals surface area contributed by atoms with Crippen molar-refractivity contribution < 1.29 is 9.47 Å². The fourth-order valence-corrected chi connectivity index (χ4v) is 2.08. The second-order valence-corrected chi connectivity index (χ2v) is 5.00. The zero-order valence-electron chi connectivity index (χ0n) is 10.8. The number of ether oxygens (including phenoxy) is 2. The van der Waals surface area contributed by atoms with Gasteiger partial charge < -0.3 is 20.5 Å². The average Bonchev–Trinajstić information content (AvgIpc) is 2.43. The molecule has 0 amide bonds. The van der Waals surface area contributed by atoms with Gasteiger partial charge in [0, 0.05) is 12.3 Å². The molecule has 2 rings (SSSR count). The van der Waals surface area contributed by atoms with E-state index in [2.05, 4.69) is 31.2 Å². The molecule has 0 atom stereocenters. The molecule has 1 heterocycles. The van der Waals surface area contributed by atoms with Crippen LogP contribution in [0.25, 0.3) is 0 Å². The van der Waals surface area contributed by atoms with Crippen LogP contribution in [0.2, 0.25) is 5.02 Å². The molecule has 0 unspecified atom stereocenters. The Morgan fingerprint density at radius 2 is 1.95 bits per heavy atom. The molecule has 1 aromatic carbocycles. The Labute approximate surface area is 129 Å². The summed E-state index contributed by atoms with van der Waals surface area (Å²) in [6.07, 6.45) is 1.56. The van der Waals surface area contributed by atoms with Crippen molar-refractivity contribution in [1.29, 1.82) is 0 Å². The van der Waals surface area contributed by atoms with Crippen LogP contribution in [0.4, 0.5) is 17.5 Å². The highest BCUT2D eigenvalue weighted by Gasteiger charge is 2.12. The molecule has 0 bridgehead atoms. The van der Waals surface area contributed by atoms with Gasteiger partial charge in [-0.1, -0.05) is 11.6 Å². The van der Waals surface area contributed by atoms with Gasteiger partial charge in [0.2, 0.25) is 5.95 Å². The standard InChI is InChI=1S/C12H12BrClN4O2/c1-19-9-4-10(20-2)8(3-7(9)14)17-11-6(13)5-16-12(15)18-11/h3-5H,1-2H3,(H3,15,16,17,18). The topological polar surface area (TPSA) is 82.3 Å². The Morgan fingerprint density at radius 3 is 2.60 bits per heavy atom. The maximum absolute atomic E-state index is 6.11. The number of hydrogen-bond donors (Lipinski definition) is 2. The molecular formula is C12H12BrClN4O2. The molecule has 106 valence electrons. The van der Waals surface area contributed by atoms with Crippen molar-refractivity contribution >= 4 is 45.0 Å². The van der Waals surface area contributed by atoms with Crippen LogP contribution >= 0.6 is 27.5 Å². The van der Waals surface area contributed by atoms with Gasteiger partial charge in [-0.05, 0) is 22.0 Å². The van der Waals surface area contributed by atoms with Gasteiger partial charge in [-0.15, -0.1) is 0 Å². The number of rotatable bonds is 4. The zero-order valence-corrected chi connectivity index (χ0v) is 13.1. The number of aromatic nitrogens is 2. The number of hydrogen-bond acceptors (Lipinski definition) is 6. The fourth-order valence-electron chi connectivity index (χ4n) is 1.55. The monoisotopic (exact) mass is 358 g/mol. The van der Waals surface area contributed by atoms with Crippen LogP contribution in [0.1, 0.15) is 0 Å². The van der Waals surface area contributed by atoms with Crippen molar-refractivity contribution in [3.8, 4) is 11.5 Å². The lowest BCUT2D eigenvalue weighted by Gasteiger charge is -2.14. The molecule has 0 saturated carbocycles. The van der Waals surface area contributed by atoms with E-state index in [4.69, 9.17) is 26.8 Å². The lowest BCUT2D eigenvalue weighted by Crippen LogP contribution is -2.02. The summed E-state index contributed by atoms with van der Waals surface area (Å²) in [7, 11) is 3.09. The number of anilines is 3. The van der Waals surface area contributed by atoms with Crippen LogP contribution < -0.4 is 20.5 Å². The highest BCUT2D eigenvalue weighted by atomic mass is 79.9. The van der Waals surface area contributed by atoms with Crippen LogP contribution in [0, 0.1) is 0 Å². The minimum Gasteiger partial charge on any atom is -0.495 e. The summed E-state index contributed by atoms with van der Waals surface area (Å²) in [5.74, 6) is 1.76. The lowest BCUT2D eigenvalue weighted by molar-refractivity contribution is 0.396. The number of nitrogens with two attached hydrogens (primary N) is 1. The molecule has 0 aliphatic heterocycles. The van der Waals surface area contributed by atoms with E-state index in [1.165, 1.54) is 7.11 Å². The van der Waals surface area contributed by atoms with Crippen molar-refractivity contribution in [3.63, 3.8) is 0 Å². The van der Waals surface area contributed by atoms with Crippen LogP contribution in [0.15, 0.2) is 22.8 Å². The number of nitrogen functional groups attached to an aromatic ring is 1. The average molecular weight is 360 g/mol. The molecule has 20 heavy (non-hydrogen) atoms. The zero-order chi connectivity index (χ0) is 14.7. The van der Waals surface area contributed by atoms with Gasteiger partial charge in [-0.3, -0.25) is 0 Å². The predicted octanol–water partition coefficient (Wildman–Crippen LogP) is 3.24. The Balaban J connectivity index is 2.42. The highest BCUT2D eigenvalue weighted by molar-refractivity contribution is 9.10. The SMILES string of the molecule is COc1cc(OC)c(Nc2nc(N)ncc2Br)cc1Cl. The Bertz CT molecular complexity index is 639. The fraction of sp³-hybridized carbons (Fsp3) is 0.167. The van der Waals surface area contributed by atoms with Crippen molar-refractivity contribution in [2.24, 2.45) is 0 Å². The first-order chi connectivity index (χ1) is 9.55. The Hall–Kier alpha value is -1.73. The molecule has 0 spiro atoms. The number of nitrogens with zero attached hydrogens (tertiary/aromatic N) is 2. The molecule has 0 radical (unpaired) electrons. The Kier molecular flexibility index (Phi) is 4.51. The van der Waals surface area contributed by atoms with E-state index in [1.807, 2.05) is 0 Å². The molecule has 8 heteroatoms. The molecule has 1 aromatic heterocycles. The summed E-state index contributed by atoms with van der Waals surface area (Å²) in [6, 6.07) is 3.37. The molecular weight excluding hydrogens is 348 g/mol. The number of benzene rings is 1. The summed E-state index contributed by atoms with van der Waals surface area (Å²) in [6.45, 7) is 0. The van der Waals surface area contributed by atoms with E-state index in [0.29, 0.717) is 32.5 Å². The maximum atomic E-state index is 6.11. The third-order valence-electron chi connectivity index (χ3n) is 2.49. The van der Waals surface area contributed by atoms with Crippen molar-refractivity contribution in [3.05, 3.63) is 27.8 Å².